The number of hydrogen-bond acceptors (Lipinski definition) is 5. The third-order valence-electron chi connectivity index (χ3n) is 4.09. The van der Waals surface area contributed by atoms with E-state index in [1.54, 1.807) is 31.4 Å². The maximum atomic E-state index is 12.0. The van der Waals surface area contributed by atoms with Gasteiger partial charge in [-0.05, 0) is 46.6 Å². The number of benzene rings is 2. The third kappa shape index (κ3) is 7.51. The van der Waals surface area contributed by atoms with E-state index in [0.717, 1.165) is 23.7 Å². The third-order valence-corrected chi connectivity index (χ3v) is 4.78. The highest BCUT2D eigenvalue weighted by Crippen LogP contribution is 2.30. The fourth-order valence-electron chi connectivity index (χ4n) is 2.59. The second kappa shape index (κ2) is 12.6. The molecule has 30 heavy (non-hydrogen) atoms. The maximum absolute atomic E-state index is 12.0. The van der Waals surface area contributed by atoms with E-state index < -0.39 is 11.8 Å². The summed E-state index contributed by atoms with van der Waals surface area (Å²) >= 11 is 3.34. The van der Waals surface area contributed by atoms with E-state index in [4.69, 9.17) is 9.47 Å². The highest BCUT2D eigenvalue weighted by atomic mass is 79.9. The van der Waals surface area contributed by atoms with Crippen LogP contribution in [0.2, 0.25) is 0 Å². The zero-order valence-electron chi connectivity index (χ0n) is 17.1. The lowest BCUT2D eigenvalue weighted by Crippen LogP contribution is -2.24. The van der Waals surface area contributed by atoms with Crippen LogP contribution < -0.4 is 20.2 Å². The van der Waals surface area contributed by atoms with Crippen LogP contribution in [-0.2, 0) is 9.59 Å². The Morgan fingerprint density at radius 2 is 1.90 bits per heavy atom. The molecule has 0 aliphatic heterocycles. The van der Waals surface area contributed by atoms with Crippen LogP contribution in [0.25, 0.3) is 0 Å². The SMILES string of the molecule is CCCCCOc1c(C=NNC(=O)CC(=O)Nc2ccccc2Br)cccc1OC. The molecule has 0 spiro atoms. The molecular weight excluding hydrogens is 450 g/mol. The van der Waals surface area contributed by atoms with Crippen LogP contribution in [0.15, 0.2) is 52.0 Å². The van der Waals surface area contributed by atoms with Crippen LogP contribution in [0.1, 0.15) is 38.2 Å². The van der Waals surface area contributed by atoms with Gasteiger partial charge in [-0.15, -0.1) is 0 Å². The molecule has 0 saturated carbocycles. The lowest BCUT2D eigenvalue weighted by atomic mass is 10.2. The van der Waals surface area contributed by atoms with Gasteiger partial charge in [0.1, 0.15) is 6.42 Å². The quantitative estimate of drug-likeness (QED) is 0.216. The number of methoxy groups -OCH3 is 1. The molecule has 2 rings (SSSR count). The highest BCUT2D eigenvalue weighted by Gasteiger charge is 2.12. The Hall–Kier alpha value is -2.87. The molecule has 0 aliphatic carbocycles. The number of carbonyl (C=O) groups is 2. The number of nitrogens with zero attached hydrogens (tertiary/aromatic N) is 1. The van der Waals surface area contributed by atoms with Gasteiger partial charge in [0, 0.05) is 10.0 Å². The van der Waals surface area contributed by atoms with Gasteiger partial charge in [0.25, 0.3) is 0 Å². The van der Waals surface area contributed by atoms with Crippen molar-refractivity contribution in [3.63, 3.8) is 0 Å². The van der Waals surface area contributed by atoms with Crippen LogP contribution in [0.4, 0.5) is 5.69 Å². The van der Waals surface area contributed by atoms with Crippen LogP contribution >= 0.6 is 15.9 Å². The number of halogens is 1. The van der Waals surface area contributed by atoms with Crippen LogP contribution in [0, 0.1) is 0 Å². The number of carbonyl (C=O) groups excluding carboxylic acids is 2. The van der Waals surface area contributed by atoms with Crippen molar-refractivity contribution in [2.45, 2.75) is 32.6 Å². The number of ether oxygens (including phenoxy) is 2. The molecule has 2 aromatic rings. The van der Waals surface area contributed by atoms with Crippen molar-refractivity contribution in [2.24, 2.45) is 5.10 Å². The topological polar surface area (TPSA) is 89.0 Å². The number of hydrazone groups is 1. The molecule has 2 amide bonds. The van der Waals surface area contributed by atoms with Gasteiger partial charge in [-0.1, -0.05) is 38.0 Å². The van der Waals surface area contributed by atoms with E-state index in [9.17, 15) is 9.59 Å². The van der Waals surface area contributed by atoms with Crippen molar-refractivity contribution in [2.75, 3.05) is 19.0 Å². The first kappa shape index (κ1) is 23.4. The Balaban J connectivity index is 1.93. The Morgan fingerprint density at radius 3 is 2.63 bits per heavy atom. The van der Waals surface area contributed by atoms with E-state index in [2.05, 4.69) is 38.7 Å². The van der Waals surface area contributed by atoms with Gasteiger partial charge in [-0.25, -0.2) is 5.43 Å². The predicted octanol–water partition coefficient (Wildman–Crippen LogP) is 4.51. The van der Waals surface area contributed by atoms with Crippen molar-refractivity contribution >= 4 is 39.6 Å². The van der Waals surface area contributed by atoms with Gasteiger partial charge in [0.2, 0.25) is 11.8 Å². The average molecular weight is 476 g/mol. The Morgan fingerprint density at radius 1 is 1.10 bits per heavy atom. The molecule has 8 heteroatoms. The lowest BCUT2D eigenvalue weighted by Gasteiger charge is -2.13. The first-order valence-corrected chi connectivity index (χ1v) is 10.5. The van der Waals surface area contributed by atoms with Crippen molar-refractivity contribution < 1.29 is 19.1 Å². The number of nitrogens with one attached hydrogen (secondary N) is 2. The number of amides is 2. The molecule has 160 valence electrons. The number of rotatable bonds is 11. The van der Waals surface area contributed by atoms with Crippen LogP contribution in [0.3, 0.4) is 0 Å². The van der Waals surface area contributed by atoms with Gasteiger partial charge < -0.3 is 14.8 Å². The van der Waals surface area contributed by atoms with E-state index in [0.29, 0.717) is 29.4 Å². The normalized spacial score (nSPS) is 10.6. The molecular formula is C22H26BrN3O4. The minimum atomic E-state index is -0.524. The fraction of sp³-hybridized carbons (Fsp3) is 0.318. The van der Waals surface area contributed by atoms with E-state index in [1.807, 2.05) is 18.2 Å². The summed E-state index contributed by atoms with van der Waals surface area (Å²) in [6.07, 6.45) is 4.24. The van der Waals surface area contributed by atoms with E-state index >= 15 is 0 Å². The fourth-order valence-corrected chi connectivity index (χ4v) is 2.98. The zero-order valence-corrected chi connectivity index (χ0v) is 18.7. The molecule has 0 heterocycles. The van der Waals surface area contributed by atoms with Gasteiger partial charge in [0.05, 0.1) is 25.6 Å². The van der Waals surface area contributed by atoms with Crippen molar-refractivity contribution in [1.29, 1.82) is 0 Å². The van der Waals surface area contributed by atoms with Crippen molar-refractivity contribution in [3.8, 4) is 11.5 Å². The molecule has 0 bridgehead atoms. The number of unbranched alkanes of at least 4 members (excludes halogenated alkanes) is 2. The first-order chi connectivity index (χ1) is 14.5. The largest absolute Gasteiger partial charge is 0.493 e. The van der Waals surface area contributed by atoms with Crippen LogP contribution in [-0.4, -0.2) is 31.7 Å². The molecule has 0 unspecified atom stereocenters. The maximum Gasteiger partial charge on any atom is 0.249 e. The summed E-state index contributed by atoms with van der Waals surface area (Å²) in [5.41, 5.74) is 3.63. The second-order valence-corrected chi connectivity index (χ2v) is 7.29. The summed E-state index contributed by atoms with van der Waals surface area (Å²) in [5, 5.41) is 6.62. The molecule has 0 fully saturated rings. The Labute approximate surface area is 185 Å². The minimum Gasteiger partial charge on any atom is -0.493 e. The van der Waals surface area contributed by atoms with Crippen molar-refractivity contribution in [3.05, 3.63) is 52.5 Å². The lowest BCUT2D eigenvalue weighted by molar-refractivity contribution is -0.126. The predicted molar refractivity (Wildman–Crippen MR) is 121 cm³/mol. The molecule has 2 aromatic carbocycles. The number of anilines is 1. The van der Waals surface area contributed by atoms with Gasteiger partial charge in [-0.2, -0.15) is 5.10 Å². The smallest absolute Gasteiger partial charge is 0.249 e. The Kier molecular flexibility index (Phi) is 9.86. The van der Waals surface area contributed by atoms with Gasteiger partial charge in [-0.3, -0.25) is 9.59 Å². The summed E-state index contributed by atoms with van der Waals surface area (Å²) in [6, 6.07) is 12.6. The summed E-state index contributed by atoms with van der Waals surface area (Å²) in [4.78, 5) is 24.1. The molecule has 0 atom stereocenters. The monoisotopic (exact) mass is 475 g/mol. The minimum absolute atomic E-state index is 0.350. The molecule has 0 aliphatic rings. The summed E-state index contributed by atoms with van der Waals surface area (Å²) < 4.78 is 12.0. The first-order valence-electron chi connectivity index (χ1n) is 9.71. The molecule has 0 aromatic heterocycles. The summed E-state index contributed by atoms with van der Waals surface area (Å²) in [5.74, 6) is 0.204. The van der Waals surface area contributed by atoms with E-state index in [1.165, 1.54) is 6.21 Å². The van der Waals surface area contributed by atoms with Crippen molar-refractivity contribution in [1.82, 2.24) is 5.43 Å². The highest BCUT2D eigenvalue weighted by molar-refractivity contribution is 9.10. The zero-order chi connectivity index (χ0) is 21.8. The molecule has 0 radical (unpaired) electrons. The summed E-state index contributed by atoms with van der Waals surface area (Å²) in [6.45, 7) is 2.69. The average Bonchev–Trinajstić information content (AvgIpc) is 2.73. The summed E-state index contributed by atoms with van der Waals surface area (Å²) in [7, 11) is 1.57. The molecule has 7 nitrogen and oxygen atoms in total. The number of para-hydroxylation sites is 2. The van der Waals surface area contributed by atoms with Gasteiger partial charge >= 0.3 is 0 Å². The van der Waals surface area contributed by atoms with E-state index in [-0.39, 0.29) is 6.42 Å². The standard InChI is InChI=1S/C22H26BrN3O4/c1-3-4-7-13-30-22-16(9-8-12-19(22)29-2)15-24-26-21(28)14-20(27)25-18-11-6-5-10-17(18)23/h5-6,8-12,15H,3-4,7,13-14H2,1-2H3,(H,25,27)(H,26,28). The molecule has 2 N–H and O–H groups in total. The van der Waals surface area contributed by atoms with Gasteiger partial charge in [0.15, 0.2) is 11.5 Å². The molecule has 0 saturated heterocycles. The second-order valence-electron chi connectivity index (χ2n) is 6.43. The Bertz CT molecular complexity index is 886. The van der Waals surface area contributed by atoms with Crippen LogP contribution in [0.5, 0.6) is 11.5 Å². The number of hydrogen-bond donors (Lipinski definition) is 2.